The molecule has 0 saturated carbocycles. The first-order valence-corrected chi connectivity index (χ1v) is 7.84. The molecule has 24 heavy (non-hydrogen) atoms. The summed E-state index contributed by atoms with van der Waals surface area (Å²) in [5.74, 6) is 5.79. The molecule has 0 aliphatic rings. The van der Waals surface area contributed by atoms with Crippen molar-refractivity contribution in [1.82, 2.24) is 0 Å². The Bertz CT molecular complexity index is 731. The van der Waals surface area contributed by atoms with Crippen molar-refractivity contribution < 1.29 is 14.3 Å². The van der Waals surface area contributed by atoms with Crippen LogP contribution in [0.5, 0.6) is 5.75 Å². The third-order valence-corrected chi connectivity index (χ3v) is 3.31. The third-order valence-electron chi connectivity index (χ3n) is 3.31. The zero-order valence-corrected chi connectivity index (χ0v) is 14.2. The van der Waals surface area contributed by atoms with Crippen molar-refractivity contribution in [2.24, 2.45) is 0 Å². The Kier molecular flexibility index (Phi) is 6.41. The Balaban J connectivity index is 2.16. The van der Waals surface area contributed by atoms with Crippen molar-refractivity contribution in [2.45, 2.75) is 20.1 Å². The van der Waals surface area contributed by atoms with Crippen molar-refractivity contribution in [3.8, 4) is 17.6 Å². The average Bonchev–Trinajstić information content (AvgIpc) is 2.60. The second-order valence-corrected chi connectivity index (χ2v) is 5.09. The van der Waals surface area contributed by atoms with Crippen LogP contribution in [0.1, 0.15) is 19.4 Å². The van der Waals surface area contributed by atoms with Crippen LogP contribution in [0.3, 0.4) is 0 Å². The van der Waals surface area contributed by atoms with E-state index in [2.05, 4.69) is 11.8 Å². The van der Waals surface area contributed by atoms with Gasteiger partial charge in [0, 0.05) is 25.1 Å². The van der Waals surface area contributed by atoms with E-state index < -0.39 is 6.29 Å². The minimum atomic E-state index is -0.393. The second-order valence-electron chi connectivity index (χ2n) is 5.09. The van der Waals surface area contributed by atoms with Crippen LogP contribution in [0.25, 0.3) is 0 Å². The fraction of sp³-hybridized carbons (Fsp3) is 0.250. The van der Waals surface area contributed by atoms with Gasteiger partial charge < -0.3 is 14.4 Å². The lowest BCUT2D eigenvalue weighted by Gasteiger charge is -2.21. The van der Waals surface area contributed by atoms with Gasteiger partial charge in [0.15, 0.2) is 6.29 Å². The lowest BCUT2D eigenvalue weighted by atomic mass is 10.2. The Morgan fingerprint density at radius 2 is 1.79 bits per heavy atom. The number of nitrogens with zero attached hydrogens (tertiary/aromatic N) is 1. The highest BCUT2D eigenvalue weighted by molar-refractivity contribution is 6.06. The number of benzene rings is 2. The molecule has 0 saturated heterocycles. The number of ether oxygens (including phenoxy) is 2. The van der Waals surface area contributed by atoms with Crippen molar-refractivity contribution in [3.63, 3.8) is 0 Å². The fourth-order valence-electron chi connectivity index (χ4n) is 2.12. The summed E-state index contributed by atoms with van der Waals surface area (Å²) in [5, 5.41) is 0. The molecule has 2 rings (SSSR count). The van der Waals surface area contributed by atoms with Gasteiger partial charge in [0.2, 0.25) is 0 Å². The van der Waals surface area contributed by atoms with Crippen molar-refractivity contribution >= 4 is 11.6 Å². The van der Waals surface area contributed by atoms with E-state index in [4.69, 9.17) is 9.47 Å². The Labute approximate surface area is 143 Å². The molecule has 124 valence electrons. The first kappa shape index (κ1) is 17.6. The van der Waals surface area contributed by atoms with Crippen LogP contribution in [0.2, 0.25) is 0 Å². The lowest BCUT2D eigenvalue weighted by molar-refractivity contribution is -0.113. The predicted molar refractivity (Wildman–Crippen MR) is 94.9 cm³/mol. The van der Waals surface area contributed by atoms with Gasteiger partial charge in [-0.2, -0.15) is 0 Å². The first-order valence-electron chi connectivity index (χ1n) is 7.84. The van der Waals surface area contributed by atoms with E-state index in [9.17, 15) is 4.79 Å². The van der Waals surface area contributed by atoms with Crippen LogP contribution < -0.4 is 9.64 Å². The normalized spacial score (nSPS) is 11.1. The molecule has 0 N–H and O–H groups in total. The number of para-hydroxylation sites is 2. The number of hydrogen-bond donors (Lipinski definition) is 0. The van der Waals surface area contributed by atoms with Gasteiger partial charge in [-0.1, -0.05) is 36.3 Å². The van der Waals surface area contributed by atoms with Crippen molar-refractivity contribution in [1.29, 1.82) is 0 Å². The molecule has 1 amide bonds. The van der Waals surface area contributed by atoms with Crippen LogP contribution >= 0.6 is 0 Å². The van der Waals surface area contributed by atoms with Crippen molar-refractivity contribution in [3.05, 3.63) is 60.2 Å². The molecule has 0 radical (unpaired) electrons. The number of amides is 1. The lowest BCUT2D eigenvalue weighted by Crippen LogP contribution is -2.26. The molecule has 0 bridgehead atoms. The summed E-state index contributed by atoms with van der Waals surface area (Å²) in [6.45, 7) is 4.28. The third kappa shape index (κ3) is 4.87. The summed E-state index contributed by atoms with van der Waals surface area (Å²) < 4.78 is 11.1. The Hall–Kier alpha value is -2.77. The maximum absolute atomic E-state index is 12.3. The Morgan fingerprint density at radius 3 is 2.50 bits per heavy atom. The van der Waals surface area contributed by atoms with E-state index in [0.717, 1.165) is 5.56 Å². The molecular weight excluding hydrogens is 302 g/mol. The number of anilines is 1. The van der Waals surface area contributed by atoms with Crippen molar-refractivity contribution in [2.75, 3.05) is 18.6 Å². The number of hydrogen-bond acceptors (Lipinski definition) is 3. The molecule has 2 aromatic rings. The minimum absolute atomic E-state index is 0.307. The van der Waals surface area contributed by atoms with Gasteiger partial charge in [0.25, 0.3) is 0 Å². The number of carbonyl (C=O) groups is 1. The van der Waals surface area contributed by atoms with E-state index in [-0.39, 0.29) is 5.91 Å². The summed E-state index contributed by atoms with van der Waals surface area (Å²) in [7, 11) is 1.68. The van der Waals surface area contributed by atoms with E-state index in [1.807, 2.05) is 62.4 Å². The summed E-state index contributed by atoms with van der Waals surface area (Å²) in [6.07, 6.45) is -0.393. The average molecular weight is 323 g/mol. The molecule has 0 fully saturated rings. The van der Waals surface area contributed by atoms with Crippen LogP contribution in [0.4, 0.5) is 5.69 Å². The van der Waals surface area contributed by atoms with Gasteiger partial charge in [0.05, 0.1) is 5.69 Å². The topological polar surface area (TPSA) is 38.8 Å². The highest BCUT2D eigenvalue weighted by Gasteiger charge is 2.15. The molecule has 1 atom stereocenters. The highest BCUT2D eigenvalue weighted by Crippen LogP contribution is 2.28. The molecule has 0 spiro atoms. The highest BCUT2D eigenvalue weighted by atomic mass is 16.7. The molecule has 0 aliphatic carbocycles. The zero-order chi connectivity index (χ0) is 17.4. The number of carbonyl (C=O) groups excluding carboxylic acids is 1. The summed E-state index contributed by atoms with van der Waals surface area (Å²) in [5.41, 5.74) is 1.45. The fourth-order valence-corrected chi connectivity index (χ4v) is 2.12. The van der Waals surface area contributed by atoms with Gasteiger partial charge in [-0.25, -0.2) is 0 Å². The standard InChI is InChI=1S/C20H21NO3/c1-4-23-16(2)24-19-13-9-8-12-18(19)21(3)20(22)15-14-17-10-6-5-7-11-17/h5-13,16H,4H2,1-3H3. The zero-order valence-electron chi connectivity index (χ0n) is 14.2. The molecule has 4 nitrogen and oxygen atoms in total. The van der Waals surface area contributed by atoms with E-state index in [1.165, 1.54) is 4.90 Å². The maximum Gasteiger partial charge on any atom is 0.303 e. The molecule has 0 aromatic heterocycles. The summed E-state index contributed by atoms with van der Waals surface area (Å²) in [6, 6.07) is 16.7. The van der Waals surface area contributed by atoms with Gasteiger partial charge in [-0.15, -0.1) is 0 Å². The van der Waals surface area contributed by atoms with E-state index in [0.29, 0.717) is 18.0 Å². The Morgan fingerprint density at radius 1 is 1.12 bits per heavy atom. The smallest absolute Gasteiger partial charge is 0.303 e. The second kappa shape index (κ2) is 8.76. The molecule has 4 heteroatoms. The maximum atomic E-state index is 12.3. The monoisotopic (exact) mass is 323 g/mol. The van der Waals surface area contributed by atoms with E-state index in [1.54, 1.807) is 13.1 Å². The van der Waals surface area contributed by atoms with E-state index >= 15 is 0 Å². The van der Waals surface area contributed by atoms with Gasteiger partial charge >= 0.3 is 5.91 Å². The van der Waals surface area contributed by atoms with Gasteiger partial charge in [-0.3, -0.25) is 4.79 Å². The SMILES string of the molecule is CCOC(C)Oc1ccccc1N(C)C(=O)C#Cc1ccccc1. The van der Waals surface area contributed by atoms with Crippen LogP contribution in [0.15, 0.2) is 54.6 Å². The van der Waals surface area contributed by atoms with Gasteiger partial charge in [-0.05, 0) is 38.1 Å². The molecule has 1 unspecified atom stereocenters. The molecule has 0 aliphatic heterocycles. The van der Waals surface area contributed by atoms with Crippen LogP contribution in [-0.4, -0.2) is 25.9 Å². The summed E-state index contributed by atoms with van der Waals surface area (Å²) in [4.78, 5) is 13.8. The largest absolute Gasteiger partial charge is 0.463 e. The molecule has 0 heterocycles. The number of rotatable bonds is 5. The minimum Gasteiger partial charge on any atom is -0.463 e. The van der Waals surface area contributed by atoms with Gasteiger partial charge in [0.1, 0.15) is 5.75 Å². The predicted octanol–water partition coefficient (Wildman–Crippen LogP) is 3.46. The molecule has 2 aromatic carbocycles. The quantitative estimate of drug-likeness (QED) is 0.625. The summed E-state index contributed by atoms with van der Waals surface area (Å²) >= 11 is 0. The first-order chi connectivity index (χ1) is 11.6. The van der Waals surface area contributed by atoms with Crippen LogP contribution in [0, 0.1) is 11.8 Å². The van der Waals surface area contributed by atoms with Crippen LogP contribution in [-0.2, 0) is 9.53 Å². The molecular formula is C20H21NO3.